The molecule has 1 amide bonds. The molecular weight excluding hydrogens is 350 g/mol. The Morgan fingerprint density at radius 3 is 2.32 bits per heavy atom. The van der Waals surface area contributed by atoms with Gasteiger partial charge in [-0.1, -0.05) is 37.3 Å². The Balaban J connectivity index is 1.42. The monoisotopic (exact) mass is 381 g/mol. The summed E-state index contributed by atoms with van der Waals surface area (Å²) in [6.07, 6.45) is 1.02. The van der Waals surface area contributed by atoms with Crippen LogP contribution in [0.1, 0.15) is 24.8 Å². The summed E-state index contributed by atoms with van der Waals surface area (Å²) in [5.41, 5.74) is 2.50. The first-order valence-electron chi connectivity index (χ1n) is 10.1. The number of nitrogens with one attached hydrogen (secondary N) is 1. The van der Waals surface area contributed by atoms with Crippen LogP contribution in [0.5, 0.6) is 5.75 Å². The molecule has 0 aliphatic carbocycles. The molecule has 28 heavy (non-hydrogen) atoms. The molecule has 2 aromatic rings. The predicted octanol–water partition coefficient (Wildman–Crippen LogP) is 3.13. The van der Waals surface area contributed by atoms with Crippen molar-refractivity contribution >= 4 is 11.6 Å². The smallest absolute Gasteiger partial charge is 0.234 e. The quantitative estimate of drug-likeness (QED) is 0.763. The van der Waals surface area contributed by atoms with Gasteiger partial charge in [-0.2, -0.15) is 0 Å². The number of hydrogen-bond donors (Lipinski definition) is 1. The van der Waals surface area contributed by atoms with Crippen LogP contribution in [0.2, 0.25) is 0 Å². The summed E-state index contributed by atoms with van der Waals surface area (Å²) in [5, 5.41) is 3.13. The highest BCUT2D eigenvalue weighted by Crippen LogP contribution is 2.20. The minimum Gasteiger partial charge on any atom is -0.497 e. The van der Waals surface area contributed by atoms with Gasteiger partial charge in [-0.05, 0) is 36.2 Å². The van der Waals surface area contributed by atoms with Crippen LogP contribution in [0.15, 0.2) is 54.6 Å². The highest BCUT2D eigenvalue weighted by molar-refractivity contribution is 5.78. The highest BCUT2D eigenvalue weighted by Gasteiger charge is 2.20. The van der Waals surface area contributed by atoms with Crippen molar-refractivity contribution in [1.29, 1.82) is 0 Å². The average molecular weight is 382 g/mol. The first kappa shape index (κ1) is 20.2. The van der Waals surface area contributed by atoms with Gasteiger partial charge in [0.1, 0.15) is 5.75 Å². The van der Waals surface area contributed by atoms with Crippen LogP contribution in [-0.4, -0.2) is 57.2 Å². The van der Waals surface area contributed by atoms with Crippen LogP contribution in [-0.2, 0) is 4.79 Å². The molecule has 1 N–H and O–H groups in total. The third-order valence-corrected chi connectivity index (χ3v) is 5.49. The number of piperazine rings is 1. The van der Waals surface area contributed by atoms with E-state index in [0.717, 1.165) is 38.3 Å². The normalized spacial score (nSPS) is 15.9. The van der Waals surface area contributed by atoms with Crippen molar-refractivity contribution in [3.05, 3.63) is 60.2 Å². The lowest BCUT2D eigenvalue weighted by atomic mass is 9.96. The molecule has 0 aromatic heterocycles. The molecule has 3 rings (SSSR count). The fraction of sp³-hybridized carbons (Fsp3) is 0.435. The molecule has 2 aromatic carbocycles. The molecule has 1 aliphatic rings. The van der Waals surface area contributed by atoms with Gasteiger partial charge >= 0.3 is 0 Å². The van der Waals surface area contributed by atoms with E-state index >= 15 is 0 Å². The maximum Gasteiger partial charge on any atom is 0.234 e. The summed E-state index contributed by atoms with van der Waals surface area (Å²) < 4.78 is 5.22. The summed E-state index contributed by atoms with van der Waals surface area (Å²) in [4.78, 5) is 17.0. The second-order valence-electron chi connectivity index (χ2n) is 7.28. The molecule has 150 valence electrons. The summed E-state index contributed by atoms with van der Waals surface area (Å²) in [6, 6.07) is 18.6. The van der Waals surface area contributed by atoms with Crippen molar-refractivity contribution in [3.8, 4) is 5.75 Å². The van der Waals surface area contributed by atoms with Crippen molar-refractivity contribution in [3.63, 3.8) is 0 Å². The van der Waals surface area contributed by atoms with E-state index in [1.807, 2.05) is 18.2 Å². The molecule has 1 heterocycles. The number of carbonyl (C=O) groups excluding carboxylic acids is 1. The number of carbonyl (C=O) groups is 1. The topological polar surface area (TPSA) is 44.8 Å². The lowest BCUT2D eigenvalue weighted by Gasteiger charge is -2.35. The van der Waals surface area contributed by atoms with Crippen molar-refractivity contribution in [1.82, 2.24) is 10.2 Å². The van der Waals surface area contributed by atoms with E-state index in [2.05, 4.69) is 58.4 Å². The van der Waals surface area contributed by atoms with Gasteiger partial charge in [0.25, 0.3) is 0 Å². The van der Waals surface area contributed by atoms with Crippen LogP contribution in [0.4, 0.5) is 5.69 Å². The van der Waals surface area contributed by atoms with Crippen LogP contribution in [0.3, 0.4) is 0 Å². The van der Waals surface area contributed by atoms with Crippen molar-refractivity contribution in [2.75, 3.05) is 51.3 Å². The summed E-state index contributed by atoms with van der Waals surface area (Å²) in [7, 11) is 1.68. The number of anilines is 1. The van der Waals surface area contributed by atoms with E-state index in [4.69, 9.17) is 4.74 Å². The molecule has 0 unspecified atom stereocenters. The molecule has 1 fully saturated rings. The number of methoxy groups -OCH3 is 1. The minimum atomic E-state index is 0.118. The first-order valence-corrected chi connectivity index (χ1v) is 10.1. The van der Waals surface area contributed by atoms with E-state index in [0.29, 0.717) is 19.0 Å². The number of rotatable bonds is 8. The molecule has 1 aliphatic heterocycles. The Morgan fingerprint density at radius 1 is 1.04 bits per heavy atom. The number of nitrogens with zero attached hydrogens (tertiary/aromatic N) is 2. The van der Waals surface area contributed by atoms with Crippen molar-refractivity contribution in [2.45, 2.75) is 19.3 Å². The van der Waals surface area contributed by atoms with Gasteiger partial charge in [0.2, 0.25) is 5.91 Å². The zero-order valence-electron chi connectivity index (χ0n) is 16.9. The Hall–Kier alpha value is -2.53. The fourth-order valence-electron chi connectivity index (χ4n) is 3.68. The van der Waals surface area contributed by atoms with E-state index in [-0.39, 0.29) is 5.91 Å². The zero-order valence-corrected chi connectivity index (χ0v) is 16.9. The predicted molar refractivity (Wildman–Crippen MR) is 114 cm³/mol. The largest absolute Gasteiger partial charge is 0.497 e. The Labute approximate surface area is 168 Å². The SMILES string of the molecule is CC[C@H](CNC(=O)CN1CCN(c2ccc(OC)cc2)CC1)c1ccccc1. The second-order valence-corrected chi connectivity index (χ2v) is 7.28. The second kappa shape index (κ2) is 10.1. The zero-order chi connectivity index (χ0) is 19.8. The molecule has 1 atom stereocenters. The van der Waals surface area contributed by atoms with Crippen LogP contribution in [0.25, 0.3) is 0 Å². The standard InChI is InChI=1S/C23H31N3O2/c1-3-19(20-7-5-4-6-8-20)17-24-23(27)18-25-13-15-26(16-14-25)21-9-11-22(28-2)12-10-21/h4-12,19H,3,13-18H2,1-2H3,(H,24,27)/t19-/m1/s1. The molecular formula is C23H31N3O2. The Kier molecular flexibility index (Phi) is 7.31. The Bertz CT molecular complexity index is 725. The number of amides is 1. The number of ether oxygens (including phenoxy) is 1. The molecule has 0 bridgehead atoms. The maximum atomic E-state index is 12.4. The molecule has 1 saturated heterocycles. The van der Waals surface area contributed by atoms with Crippen LogP contribution in [0, 0.1) is 0 Å². The van der Waals surface area contributed by atoms with Gasteiger partial charge in [0.15, 0.2) is 0 Å². The minimum absolute atomic E-state index is 0.118. The van der Waals surface area contributed by atoms with Gasteiger partial charge in [0, 0.05) is 44.3 Å². The molecule has 5 heteroatoms. The van der Waals surface area contributed by atoms with Crippen LogP contribution >= 0.6 is 0 Å². The van der Waals surface area contributed by atoms with Crippen molar-refractivity contribution in [2.24, 2.45) is 0 Å². The van der Waals surface area contributed by atoms with E-state index in [9.17, 15) is 4.79 Å². The summed E-state index contributed by atoms with van der Waals surface area (Å²) in [6.45, 7) is 7.00. The van der Waals surface area contributed by atoms with E-state index < -0.39 is 0 Å². The highest BCUT2D eigenvalue weighted by atomic mass is 16.5. The van der Waals surface area contributed by atoms with E-state index in [1.54, 1.807) is 7.11 Å². The summed E-state index contributed by atoms with van der Waals surface area (Å²) in [5.74, 6) is 1.37. The van der Waals surface area contributed by atoms with Crippen molar-refractivity contribution < 1.29 is 9.53 Å². The third-order valence-electron chi connectivity index (χ3n) is 5.49. The fourth-order valence-corrected chi connectivity index (χ4v) is 3.68. The maximum absolute atomic E-state index is 12.4. The lowest BCUT2D eigenvalue weighted by molar-refractivity contribution is -0.122. The van der Waals surface area contributed by atoms with Gasteiger partial charge < -0.3 is 15.0 Å². The average Bonchev–Trinajstić information content (AvgIpc) is 2.75. The van der Waals surface area contributed by atoms with E-state index in [1.165, 1.54) is 11.3 Å². The summed E-state index contributed by atoms with van der Waals surface area (Å²) >= 11 is 0. The molecule has 5 nitrogen and oxygen atoms in total. The Morgan fingerprint density at radius 2 is 1.71 bits per heavy atom. The van der Waals surface area contributed by atoms with Gasteiger partial charge in [0.05, 0.1) is 13.7 Å². The van der Waals surface area contributed by atoms with Gasteiger partial charge in [-0.3, -0.25) is 9.69 Å². The molecule has 0 spiro atoms. The lowest BCUT2D eigenvalue weighted by Crippen LogP contribution is -2.49. The van der Waals surface area contributed by atoms with Crippen LogP contribution < -0.4 is 15.0 Å². The van der Waals surface area contributed by atoms with Gasteiger partial charge in [-0.15, -0.1) is 0 Å². The molecule has 0 radical (unpaired) electrons. The third kappa shape index (κ3) is 5.49. The number of benzene rings is 2. The first-order chi connectivity index (χ1) is 13.7. The van der Waals surface area contributed by atoms with Gasteiger partial charge in [-0.25, -0.2) is 0 Å². The number of hydrogen-bond acceptors (Lipinski definition) is 4. The molecule has 0 saturated carbocycles.